The summed E-state index contributed by atoms with van der Waals surface area (Å²) in [7, 11) is -1.39. The molecule has 0 saturated heterocycles. The fourth-order valence-corrected chi connectivity index (χ4v) is 3.01. The minimum atomic E-state index is -4.51. The van der Waals surface area contributed by atoms with Gasteiger partial charge in [-0.3, -0.25) is 13.9 Å². The van der Waals surface area contributed by atoms with Gasteiger partial charge >= 0.3 is 0 Å². The van der Waals surface area contributed by atoms with Crippen molar-refractivity contribution in [1.82, 2.24) is 9.88 Å². The standard InChI is InChI=1S/C16H20N4O5S/c1-9-10(2)15(21)20(4)16(22)14(9)19-18-12-7-11(8-17-3)5-6-13(12)26(23,24)25/h5-7,17,21H,8H2,1-4H3,(H,23,24,25). The topological polar surface area (TPSA) is 133 Å². The third-order valence-electron chi connectivity index (χ3n) is 4.02. The molecule has 0 amide bonds. The molecule has 1 aromatic carbocycles. The number of rotatable bonds is 5. The molecule has 1 heterocycles. The SMILES string of the molecule is CNCc1ccc(S(=O)(=O)O)c(N=Nc2c(C)c(C)c(O)n(C)c2=O)c1. The maximum Gasteiger partial charge on any atom is 0.296 e. The predicted octanol–water partition coefficient (Wildman–Crippen LogP) is 2.09. The Balaban J connectivity index is 2.65. The van der Waals surface area contributed by atoms with E-state index in [1.54, 1.807) is 20.9 Å². The highest BCUT2D eigenvalue weighted by atomic mass is 32.2. The fourth-order valence-electron chi connectivity index (χ4n) is 2.41. The van der Waals surface area contributed by atoms with Crippen LogP contribution in [-0.2, 0) is 23.7 Å². The molecule has 0 spiro atoms. The molecular weight excluding hydrogens is 360 g/mol. The van der Waals surface area contributed by atoms with Crippen LogP contribution in [0, 0.1) is 13.8 Å². The molecule has 3 N–H and O–H groups in total. The molecular formula is C16H20N4O5S. The maximum atomic E-state index is 12.3. The van der Waals surface area contributed by atoms with Crippen LogP contribution in [-0.4, -0.2) is 29.7 Å². The van der Waals surface area contributed by atoms with Gasteiger partial charge in [0.25, 0.3) is 15.7 Å². The lowest BCUT2D eigenvalue weighted by Gasteiger charge is -2.10. The number of nitrogens with one attached hydrogen (secondary N) is 1. The highest BCUT2D eigenvalue weighted by Gasteiger charge is 2.17. The van der Waals surface area contributed by atoms with Gasteiger partial charge in [-0.15, -0.1) is 10.2 Å². The summed E-state index contributed by atoms with van der Waals surface area (Å²) in [5.74, 6) is -0.180. The van der Waals surface area contributed by atoms with Crippen molar-refractivity contribution in [2.24, 2.45) is 17.3 Å². The minimum absolute atomic E-state index is 0.0249. The Kier molecular flexibility index (Phi) is 5.59. The normalized spacial score (nSPS) is 12.0. The monoisotopic (exact) mass is 380 g/mol. The molecule has 0 saturated carbocycles. The molecule has 140 valence electrons. The highest BCUT2D eigenvalue weighted by molar-refractivity contribution is 7.86. The molecule has 0 bridgehead atoms. The summed E-state index contributed by atoms with van der Waals surface area (Å²) >= 11 is 0. The van der Waals surface area contributed by atoms with Crippen LogP contribution in [0.2, 0.25) is 0 Å². The van der Waals surface area contributed by atoms with Gasteiger partial charge in [0.1, 0.15) is 10.6 Å². The van der Waals surface area contributed by atoms with Gasteiger partial charge in [-0.25, -0.2) is 0 Å². The first kappa shape index (κ1) is 19.8. The average Bonchev–Trinajstić information content (AvgIpc) is 2.57. The van der Waals surface area contributed by atoms with Gasteiger partial charge in [-0.1, -0.05) is 6.07 Å². The van der Waals surface area contributed by atoms with Crippen molar-refractivity contribution in [1.29, 1.82) is 0 Å². The molecule has 0 radical (unpaired) electrons. The first-order valence-electron chi connectivity index (χ1n) is 7.63. The van der Waals surface area contributed by atoms with Crippen molar-refractivity contribution in [3.63, 3.8) is 0 Å². The number of azo groups is 1. The van der Waals surface area contributed by atoms with E-state index in [1.807, 2.05) is 0 Å². The number of aromatic hydroxyl groups is 1. The van der Waals surface area contributed by atoms with E-state index in [2.05, 4.69) is 15.5 Å². The molecule has 10 heteroatoms. The number of pyridine rings is 1. The Bertz CT molecular complexity index is 1040. The predicted molar refractivity (Wildman–Crippen MR) is 96.0 cm³/mol. The lowest BCUT2D eigenvalue weighted by molar-refractivity contribution is 0.418. The van der Waals surface area contributed by atoms with Crippen molar-refractivity contribution in [3.05, 3.63) is 45.2 Å². The molecule has 26 heavy (non-hydrogen) atoms. The van der Waals surface area contributed by atoms with Gasteiger partial charge in [-0.2, -0.15) is 8.42 Å². The lowest BCUT2D eigenvalue weighted by Crippen LogP contribution is -2.18. The summed E-state index contributed by atoms with van der Waals surface area (Å²) < 4.78 is 33.5. The van der Waals surface area contributed by atoms with E-state index in [0.717, 1.165) is 10.1 Å². The molecule has 9 nitrogen and oxygen atoms in total. The van der Waals surface area contributed by atoms with Gasteiger partial charge < -0.3 is 10.4 Å². The van der Waals surface area contributed by atoms with Crippen LogP contribution >= 0.6 is 0 Å². The third kappa shape index (κ3) is 3.82. The quantitative estimate of drug-likeness (QED) is 0.537. The van der Waals surface area contributed by atoms with Gasteiger partial charge in [0.15, 0.2) is 11.6 Å². The summed E-state index contributed by atoms with van der Waals surface area (Å²) in [4.78, 5) is 11.9. The zero-order chi connectivity index (χ0) is 19.6. The molecule has 0 aliphatic carbocycles. The van der Waals surface area contributed by atoms with E-state index >= 15 is 0 Å². The molecule has 0 atom stereocenters. The Morgan fingerprint density at radius 1 is 1.19 bits per heavy atom. The zero-order valence-corrected chi connectivity index (χ0v) is 15.6. The third-order valence-corrected chi connectivity index (χ3v) is 4.92. The molecule has 2 aromatic rings. The molecule has 0 fully saturated rings. The van der Waals surface area contributed by atoms with E-state index in [-0.39, 0.29) is 17.3 Å². The van der Waals surface area contributed by atoms with Crippen molar-refractivity contribution < 1.29 is 18.1 Å². The largest absolute Gasteiger partial charge is 0.494 e. The first-order valence-corrected chi connectivity index (χ1v) is 9.07. The van der Waals surface area contributed by atoms with E-state index in [1.165, 1.54) is 25.2 Å². The molecule has 1 aromatic heterocycles. The average molecular weight is 380 g/mol. The van der Waals surface area contributed by atoms with Crippen LogP contribution in [0.1, 0.15) is 16.7 Å². The first-order chi connectivity index (χ1) is 12.1. The molecule has 2 rings (SSSR count). The van der Waals surface area contributed by atoms with Crippen LogP contribution < -0.4 is 10.9 Å². The second kappa shape index (κ2) is 7.36. The van der Waals surface area contributed by atoms with Crippen molar-refractivity contribution >= 4 is 21.5 Å². The Morgan fingerprint density at radius 3 is 2.42 bits per heavy atom. The summed E-state index contributed by atoms with van der Waals surface area (Å²) in [6.45, 7) is 3.68. The number of hydrogen-bond donors (Lipinski definition) is 3. The number of hydrogen-bond acceptors (Lipinski definition) is 7. The summed E-state index contributed by atoms with van der Waals surface area (Å²) in [5, 5.41) is 20.6. The van der Waals surface area contributed by atoms with Crippen LogP contribution in [0.25, 0.3) is 0 Å². The molecule has 0 aliphatic rings. The molecule has 0 unspecified atom stereocenters. The minimum Gasteiger partial charge on any atom is -0.494 e. The Labute approximate surface area is 150 Å². The Morgan fingerprint density at radius 2 is 1.85 bits per heavy atom. The van der Waals surface area contributed by atoms with Crippen LogP contribution in [0.4, 0.5) is 11.4 Å². The van der Waals surface area contributed by atoms with E-state index in [4.69, 9.17) is 0 Å². The Hall–Kier alpha value is -2.56. The van der Waals surface area contributed by atoms with E-state index in [9.17, 15) is 22.9 Å². The van der Waals surface area contributed by atoms with Crippen LogP contribution in [0.3, 0.4) is 0 Å². The van der Waals surface area contributed by atoms with Gasteiger partial charge in [-0.05, 0) is 44.2 Å². The van der Waals surface area contributed by atoms with Gasteiger partial charge in [0.05, 0.1) is 0 Å². The lowest BCUT2D eigenvalue weighted by atomic mass is 10.1. The van der Waals surface area contributed by atoms with E-state index in [0.29, 0.717) is 17.7 Å². The van der Waals surface area contributed by atoms with Crippen LogP contribution in [0.15, 0.2) is 38.1 Å². The summed E-state index contributed by atoms with van der Waals surface area (Å²) in [5.41, 5.74) is 0.916. The van der Waals surface area contributed by atoms with Crippen molar-refractivity contribution in [3.8, 4) is 5.88 Å². The zero-order valence-electron chi connectivity index (χ0n) is 14.8. The second-order valence-electron chi connectivity index (χ2n) is 5.79. The van der Waals surface area contributed by atoms with Crippen molar-refractivity contribution in [2.45, 2.75) is 25.3 Å². The maximum absolute atomic E-state index is 12.3. The summed E-state index contributed by atoms with van der Waals surface area (Å²) in [6.07, 6.45) is 0. The van der Waals surface area contributed by atoms with Crippen LogP contribution in [0.5, 0.6) is 5.88 Å². The smallest absolute Gasteiger partial charge is 0.296 e. The molecule has 0 aliphatic heterocycles. The number of aromatic nitrogens is 1. The van der Waals surface area contributed by atoms with Gasteiger partial charge in [0.2, 0.25) is 0 Å². The fraction of sp³-hybridized carbons (Fsp3) is 0.312. The second-order valence-corrected chi connectivity index (χ2v) is 7.18. The number of benzene rings is 1. The van der Waals surface area contributed by atoms with Gasteiger partial charge in [0, 0.05) is 19.2 Å². The van der Waals surface area contributed by atoms with E-state index < -0.39 is 20.6 Å². The number of nitrogens with zero attached hydrogens (tertiary/aromatic N) is 3. The highest BCUT2D eigenvalue weighted by Crippen LogP contribution is 2.29. The van der Waals surface area contributed by atoms with Crippen molar-refractivity contribution in [2.75, 3.05) is 7.05 Å². The summed E-state index contributed by atoms with van der Waals surface area (Å²) in [6, 6.07) is 4.22.